The lowest BCUT2D eigenvalue weighted by molar-refractivity contribution is 0.0607. The molecule has 0 spiro atoms. The van der Waals surface area contributed by atoms with E-state index in [2.05, 4.69) is 0 Å². The van der Waals surface area contributed by atoms with Crippen molar-refractivity contribution in [3.63, 3.8) is 0 Å². The van der Waals surface area contributed by atoms with Crippen LogP contribution < -0.4 is 5.73 Å². The lowest BCUT2D eigenvalue weighted by Crippen LogP contribution is -2.01. The molecule has 1 heterocycles. The van der Waals surface area contributed by atoms with Gasteiger partial charge in [0.15, 0.2) is 0 Å². The SMILES string of the molecule is COC(=O)c1sc(-c2cccc(Cl)c2)c(C)c1N. The summed E-state index contributed by atoms with van der Waals surface area (Å²) in [6.07, 6.45) is 0. The molecule has 0 fully saturated rings. The highest BCUT2D eigenvalue weighted by Crippen LogP contribution is 2.38. The van der Waals surface area contributed by atoms with Crippen LogP contribution in [0.5, 0.6) is 0 Å². The van der Waals surface area contributed by atoms with Gasteiger partial charge < -0.3 is 10.5 Å². The zero-order chi connectivity index (χ0) is 13.3. The quantitative estimate of drug-likeness (QED) is 0.853. The molecule has 3 nitrogen and oxygen atoms in total. The number of methoxy groups -OCH3 is 1. The van der Waals surface area contributed by atoms with Crippen LogP contribution in [-0.4, -0.2) is 13.1 Å². The number of anilines is 1. The molecule has 0 saturated heterocycles. The normalized spacial score (nSPS) is 10.4. The summed E-state index contributed by atoms with van der Waals surface area (Å²) in [6.45, 7) is 1.88. The zero-order valence-electron chi connectivity index (χ0n) is 9.99. The van der Waals surface area contributed by atoms with Gasteiger partial charge in [-0.2, -0.15) is 0 Å². The summed E-state index contributed by atoms with van der Waals surface area (Å²) in [4.78, 5) is 13.0. The summed E-state index contributed by atoms with van der Waals surface area (Å²) in [5.41, 5.74) is 8.23. The number of esters is 1. The number of rotatable bonds is 2. The smallest absolute Gasteiger partial charge is 0.350 e. The highest BCUT2D eigenvalue weighted by Gasteiger charge is 2.19. The summed E-state index contributed by atoms with van der Waals surface area (Å²) >= 11 is 7.29. The van der Waals surface area contributed by atoms with E-state index in [1.54, 1.807) is 6.07 Å². The Kier molecular flexibility index (Phi) is 3.59. The molecule has 1 aromatic carbocycles. The number of nitrogens with two attached hydrogens (primary N) is 1. The van der Waals surface area contributed by atoms with Gasteiger partial charge in [0.1, 0.15) is 4.88 Å². The molecule has 0 bridgehead atoms. The Balaban J connectivity index is 2.56. The molecule has 1 aromatic heterocycles. The van der Waals surface area contributed by atoms with Crippen LogP contribution in [0, 0.1) is 6.92 Å². The number of carbonyl (C=O) groups excluding carboxylic acids is 1. The number of halogens is 1. The third-order valence-electron chi connectivity index (χ3n) is 2.65. The Morgan fingerprint density at radius 3 is 2.78 bits per heavy atom. The van der Waals surface area contributed by atoms with Gasteiger partial charge in [-0.25, -0.2) is 4.79 Å². The lowest BCUT2D eigenvalue weighted by Gasteiger charge is -2.00. The van der Waals surface area contributed by atoms with Gasteiger partial charge in [-0.15, -0.1) is 11.3 Å². The van der Waals surface area contributed by atoms with Crippen molar-refractivity contribution in [2.45, 2.75) is 6.92 Å². The minimum Gasteiger partial charge on any atom is -0.465 e. The fourth-order valence-electron chi connectivity index (χ4n) is 1.68. The van der Waals surface area contributed by atoms with Gasteiger partial charge in [-0.05, 0) is 30.2 Å². The molecule has 94 valence electrons. The molecule has 0 aliphatic heterocycles. The van der Waals surface area contributed by atoms with E-state index in [0.717, 1.165) is 16.0 Å². The van der Waals surface area contributed by atoms with Gasteiger partial charge in [0.05, 0.1) is 12.8 Å². The van der Waals surface area contributed by atoms with Gasteiger partial charge in [0.25, 0.3) is 0 Å². The Morgan fingerprint density at radius 2 is 2.17 bits per heavy atom. The van der Waals surface area contributed by atoms with Gasteiger partial charge in [0.2, 0.25) is 0 Å². The third-order valence-corrected chi connectivity index (χ3v) is 4.22. The predicted octanol–water partition coefficient (Wildman–Crippen LogP) is 3.75. The summed E-state index contributed by atoms with van der Waals surface area (Å²) in [6, 6.07) is 7.45. The summed E-state index contributed by atoms with van der Waals surface area (Å²) in [7, 11) is 1.34. The molecule has 0 aliphatic carbocycles. The number of carbonyl (C=O) groups is 1. The Labute approximate surface area is 114 Å². The van der Waals surface area contributed by atoms with Crippen molar-refractivity contribution >= 4 is 34.6 Å². The maximum absolute atomic E-state index is 11.6. The molecule has 0 aliphatic rings. The van der Waals surface area contributed by atoms with Crippen molar-refractivity contribution in [2.75, 3.05) is 12.8 Å². The van der Waals surface area contributed by atoms with E-state index < -0.39 is 5.97 Å². The highest BCUT2D eigenvalue weighted by molar-refractivity contribution is 7.18. The van der Waals surface area contributed by atoms with Gasteiger partial charge >= 0.3 is 5.97 Å². The molecule has 2 rings (SSSR count). The molecule has 0 atom stereocenters. The second kappa shape index (κ2) is 5.00. The fourth-order valence-corrected chi connectivity index (χ4v) is 3.01. The Bertz CT molecular complexity index is 607. The largest absolute Gasteiger partial charge is 0.465 e. The molecule has 0 saturated carbocycles. The van der Waals surface area contributed by atoms with Crippen LogP contribution in [0.15, 0.2) is 24.3 Å². The van der Waals surface area contributed by atoms with E-state index in [9.17, 15) is 4.79 Å². The minimum atomic E-state index is -0.408. The first-order valence-corrected chi connectivity index (χ1v) is 6.47. The summed E-state index contributed by atoms with van der Waals surface area (Å²) in [5.74, 6) is -0.408. The number of ether oxygens (including phenoxy) is 1. The third kappa shape index (κ3) is 2.21. The van der Waals surface area contributed by atoms with E-state index >= 15 is 0 Å². The van der Waals surface area contributed by atoms with Crippen molar-refractivity contribution in [1.29, 1.82) is 0 Å². The molecule has 0 unspecified atom stereocenters. The van der Waals surface area contributed by atoms with Crippen molar-refractivity contribution < 1.29 is 9.53 Å². The number of hydrogen-bond acceptors (Lipinski definition) is 4. The molecule has 5 heteroatoms. The Hall–Kier alpha value is -1.52. The average molecular weight is 282 g/mol. The average Bonchev–Trinajstić information content (AvgIpc) is 2.66. The van der Waals surface area contributed by atoms with Gasteiger partial charge in [-0.1, -0.05) is 23.7 Å². The van der Waals surface area contributed by atoms with E-state index in [1.165, 1.54) is 18.4 Å². The maximum atomic E-state index is 11.6. The van der Waals surface area contributed by atoms with Crippen LogP contribution in [-0.2, 0) is 4.74 Å². The first kappa shape index (κ1) is 12.9. The molecule has 2 N–H and O–H groups in total. The van der Waals surface area contributed by atoms with Crippen LogP contribution in [0.25, 0.3) is 10.4 Å². The minimum absolute atomic E-state index is 0.408. The topological polar surface area (TPSA) is 52.3 Å². The first-order chi connectivity index (χ1) is 8.54. The fraction of sp³-hybridized carbons (Fsp3) is 0.154. The number of nitrogen functional groups attached to an aromatic ring is 1. The molecule has 0 radical (unpaired) electrons. The standard InChI is InChI=1S/C13H12ClNO2S/c1-7-10(15)12(13(16)17-2)18-11(7)8-4-3-5-9(14)6-8/h3-6H,15H2,1-2H3. The summed E-state index contributed by atoms with van der Waals surface area (Å²) in [5, 5.41) is 0.651. The van der Waals surface area contributed by atoms with E-state index in [0.29, 0.717) is 15.6 Å². The van der Waals surface area contributed by atoms with Crippen LogP contribution in [0.3, 0.4) is 0 Å². The maximum Gasteiger partial charge on any atom is 0.350 e. The molecule has 0 amide bonds. The first-order valence-electron chi connectivity index (χ1n) is 5.27. The number of hydrogen-bond donors (Lipinski definition) is 1. The highest BCUT2D eigenvalue weighted by atomic mass is 35.5. The van der Waals surface area contributed by atoms with E-state index in [4.69, 9.17) is 22.1 Å². The predicted molar refractivity (Wildman–Crippen MR) is 75.3 cm³/mol. The summed E-state index contributed by atoms with van der Waals surface area (Å²) < 4.78 is 4.71. The number of benzene rings is 1. The monoisotopic (exact) mass is 281 g/mol. The molecular formula is C13H12ClNO2S. The van der Waals surface area contributed by atoms with Crippen molar-refractivity contribution in [3.8, 4) is 10.4 Å². The van der Waals surface area contributed by atoms with Crippen LogP contribution in [0.4, 0.5) is 5.69 Å². The van der Waals surface area contributed by atoms with Crippen LogP contribution in [0.2, 0.25) is 5.02 Å². The second-order valence-corrected chi connectivity index (χ2v) is 5.26. The van der Waals surface area contributed by atoms with Crippen LogP contribution in [0.1, 0.15) is 15.2 Å². The number of thiophene rings is 1. The molecular weight excluding hydrogens is 270 g/mol. The van der Waals surface area contributed by atoms with Crippen molar-refractivity contribution in [3.05, 3.63) is 39.7 Å². The van der Waals surface area contributed by atoms with Gasteiger partial charge in [0, 0.05) is 9.90 Å². The van der Waals surface area contributed by atoms with E-state index in [-0.39, 0.29) is 0 Å². The second-order valence-electron chi connectivity index (χ2n) is 3.80. The van der Waals surface area contributed by atoms with Crippen molar-refractivity contribution in [2.24, 2.45) is 0 Å². The van der Waals surface area contributed by atoms with E-state index in [1.807, 2.05) is 25.1 Å². The Morgan fingerprint density at radius 1 is 1.44 bits per heavy atom. The molecule has 2 aromatic rings. The zero-order valence-corrected chi connectivity index (χ0v) is 11.6. The lowest BCUT2D eigenvalue weighted by atomic mass is 10.1. The van der Waals surface area contributed by atoms with Crippen LogP contribution >= 0.6 is 22.9 Å². The van der Waals surface area contributed by atoms with Crippen molar-refractivity contribution in [1.82, 2.24) is 0 Å². The van der Waals surface area contributed by atoms with Gasteiger partial charge in [-0.3, -0.25) is 0 Å². The molecule has 18 heavy (non-hydrogen) atoms.